The van der Waals surface area contributed by atoms with Crippen LogP contribution in [0.1, 0.15) is 11.4 Å². The molecule has 2 N–H and O–H groups in total. The van der Waals surface area contributed by atoms with Gasteiger partial charge in [0.15, 0.2) is 5.16 Å². The maximum Gasteiger partial charge on any atom is 0.191 e. The molecular weight excluding hydrogens is 293 g/mol. The fraction of sp³-hybridized carbons (Fsp3) is 0.300. The van der Waals surface area contributed by atoms with Gasteiger partial charge in [0.1, 0.15) is 11.0 Å². The highest BCUT2D eigenvalue weighted by molar-refractivity contribution is 7.98. The Morgan fingerprint density at radius 2 is 2.17 bits per heavy atom. The van der Waals surface area contributed by atoms with E-state index in [-0.39, 0.29) is 0 Å². The predicted molar refractivity (Wildman–Crippen MR) is 72.7 cm³/mol. The third kappa shape index (κ3) is 2.95. The van der Waals surface area contributed by atoms with Crippen LogP contribution in [0.4, 0.5) is 0 Å². The number of thioether (sulfide) groups is 1. The first kappa shape index (κ1) is 13.6. The summed E-state index contributed by atoms with van der Waals surface area (Å²) >= 11 is 13.3. The molecule has 0 spiro atoms. The van der Waals surface area contributed by atoms with E-state index in [9.17, 15) is 0 Å². The topological polar surface area (TPSA) is 69.6 Å². The van der Waals surface area contributed by atoms with Gasteiger partial charge in [-0.1, -0.05) is 35.0 Å². The number of aromatic nitrogens is 4. The molecule has 18 heavy (non-hydrogen) atoms. The molecule has 0 radical (unpaired) electrons. The minimum Gasteiger partial charge on any atom is -0.324 e. The van der Waals surface area contributed by atoms with Gasteiger partial charge in [-0.05, 0) is 11.6 Å². The van der Waals surface area contributed by atoms with Crippen LogP contribution in [0.15, 0.2) is 17.4 Å². The van der Waals surface area contributed by atoms with Gasteiger partial charge in [0, 0.05) is 24.0 Å². The second-order valence-electron chi connectivity index (χ2n) is 3.55. The predicted octanol–water partition coefficient (Wildman–Crippen LogP) is 2.27. The van der Waals surface area contributed by atoms with Crippen LogP contribution >= 0.6 is 35.0 Å². The van der Waals surface area contributed by atoms with Gasteiger partial charge in [-0.3, -0.25) is 0 Å². The zero-order chi connectivity index (χ0) is 13.1. The summed E-state index contributed by atoms with van der Waals surface area (Å²) in [5, 5.41) is 9.82. The quantitative estimate of drug-likeness (QED) is 0.693. The molecule has 0 saturated carbocycles. The summed E-state index contributed by atoms with van der Waals surface area (Å²) in [5.41, 5.74) is 6.44. The molecule has 2 aromatic heterocycles. The van der Waals surface area contributed by atoms with Crippen LogP contribution in [-0.4, -0.2) is 19.7 Å². The van der Waals surface area contributed by atoms with Gasteiger partial charge in [0.2, 0.25) is 0 Å². The van der Waals surface area contributed by atoms with Gasteiger partial charge in [0.25, 0.3) is 0 Å². The van der Waals surface area contributed by atoms with Crippen LogP contribution in [0.2, 0.25) is 10.2 Å². The SMILES string of the molecule is Cn1c(CN)nnc1SCc1cnc(Cl)cc1Cl. The number of pyridine rings is 1. The molecular formula is C10H11Cl2N5S. The van der Waals surface area contributed by atoms with E-state index < -0.39 is 0 Å². The van der Waals surface area contributed by atoms with Gasteiger partial charge >= 0.3 is 0 Å². The van der Waals surface area contributed by atoms with Crippen molar-refractivity contribution >= 4 is 35.0 Å². The Hall–Kier alpha value is -0.820. The monoisotopic (exact) mass is 303 g/mol. The molecule has 0 atom stereocenters. The highest BCUT2D eigenvalue weighted by Gasteiger charge is 2.09. The summed E-state index contributed by atoms with van der Waals surface area (Å²) in [6.07, 6.45) is 1.66. The average molecular weight is 304 g/mol. The van der Waals surface area contributed by atoms with Crippen LogP contribution in [0.3, 0.4) is 0 Å². The molecule has 0 fully saturated rings. The average Bonchev–Trinajstić information content (AvgIpc) is 2.69. The third-order valence-electron chi connectivity index (χ3n) is 2.36. The highest BCUT2D eigenvalue weighted by atomic mass is 35.5. The molecule has 96 valence electrons. The lowest BCUT2D eigenvalue weighted by Gasteiger charge is -2.04. The largest absolute Gasteiger partial charge is 0.324 e. The molecule has 0 unspecified atom stereocenters. The molecule has 2 aromatic rings. The summed E-state index contributed by atoms with van der Waals surface area (Å²) in [4.78, 5) is 4.00. The molecule has 0 amide bonds. The highest BCUT2D eigenvalue weighted by Crippen LogP contribution is 2.26. The first-order valence-electron chi connectivity index (χ1n) is 5.13. The van der Waals surface area contributed by atoms with E-state index in [1.807, 2.05) is 11.6 Å². The van der Waals surface area contributed by atoms with Crippen LogP contribution < -0.4 is 5.73 Å². The first-order valence-corrected chi connectivity index (χ1v) is 6.87. The van der Waals surface area contributed by atoms with E-state index >= 15 is 0 Å². The molecule has 0 bridgehead atoms. The summed E-state index contributed by atoms with van der Waals surface area (Å²) in [6, 6.07) is 1.63. The lowest BCUT2D eigenvalue weighted by molar-refractivity contribution is 0.734. The number of hydrogen-bond donors (Lipinski definition) is 1. The van der Waals surface area contributed by atoms with Crippen LogP contribution in [-0.2, 0) is 19.3 Å². The fourth-order valence-electron chi connectivity index (χ4n) is 1.33. The first-order chi connectivity index (χ1) is 8.61. The third-order valence-corrected chi connectivity index (χ3v) is 3.99. The van der Waals surface area contributed by atoms with Gasteiger partial charge in [-0.25, -0.2) is 4.98 Å². The van der Waals surface area contributed by atoms with E-state index in [2.05, 4.69) is 15.2 Å². The number of halogens is 2. The molecule has 8 heteroatoms. The van der Waals surface area contributed by atoms with E-state index in [0.29, 0.717) is 22.5 Å². The van der Waals surface area contributed by atoms with Crippen LogP contribution in [0.25, 0.3) is 0 Å². The van der Waals surface area contributed by atoms with E-state index in [4.69, 9.17) is 28.9 Å². The van der Waals surface area contributed by atoms with Crippen molar-refractivity contribution in [3.8, 4) is 0 Å². The van der Waals surface area contributed by atoms with Crippen molar-refractivity contribution in [2.24, 2.45) is 12.8 Å². The minimum atomic E-state index is 0.368. The van der Waals surface area contributed by atoms with Crippen molar-refractivity contribution in [1.29, 1.82) is 0 Å². The fourth-order valence-corrected chi connectivity index (χ4v) is 2.76. The molecule has 2 heterocycles. The molecule has 0 saturated heterocycles. The van der Waals surface area contributed by atoms with E-state index in [0.717, 1.165) is 16.5 Å². The minimum absolute atomic E-state index is 0.368. The Labute approximate surface area is 119 Å². The van der Waals surface area contributed by atoms with Crippen molar-refractivity contribution < 1.29 is 0 Å². The number of rotatable bonds is 4. The maximum atomic E-state index is 6.07. The Kier molecular flexibility index (Phi) is 4.45. The van der Waals surface area contributed by atoms with Crippen molar-refractivity contribution in [3.63, 3.8) is 0 Å². The van der Waals surface area contributed by atoms with Crippen molar-refractivity contribution in [1.82, 2.24) is 19.7 Å². The van der Waals surface area contributed by atoms with Crippen molar-refractivity contribution in [3.05, 3.63) is 33.8 Å². The molecule has 0 aliphatic carbocycles. The number of nitrogens with zero attached hydrogens (tertiary/aromatic N) is 4. The Bertz CT molecular complexity index is 557. The zero-order valence-corrected chi connectivity index (χ0v) is 11.9. The van der Waals surface area contributed by atoms with Gasteiger partial charge in [0.05, 0.1) is 6.54 Å². The summed E-state index contributed by atoms with van der Waals surface area (Å²) in [6.45, 7) is 0.368. The Balaban J connectivity index is 2.09. The van der Waals surface area contributed by atoms with E-state index in [1.165, 1.54) is 11.8 Å². The van der Waals surface area contributed by atoms with Crippen molar-refractivity contribution in [2.75, 3.05) is 0 Å². The van der Waals surface area contributed by atoms with Gasteiger partial charge in [-0.15, -0.1) is 10.2 Å². The summed E-state index contributed by atoms with van der Waals surface area (Å²) in [5.74, 6) is 1.40. The van der Waals surface area contributed by atoms with Gasteiger partial charge < -0.3 is 10.3 Å². The molecule has 2 rings (SSSR count). The normalized spacial score (nSPS) is 10.9. The zero-order valence-electron chi connectivity index (χ0n) is 9.60. The smallest absolute Gasteiger partial charge is 0.191 e. The molecule has 0 aliphatic heterocycles. The summed E-state index contributed by atoms with van der Waals surface area (Å²) in [7, 11) is 1.88. The maximum absolute atomic E-state index is 6.07. The van der Waals surface area contributed by atoms with Crippen molar-refractivity contribution in [2.45, 2.75) is 17.5 Å². The summed E-state index contributed by atoms with van der Waals surface area (Å²) < 4.78 is 1.86. The second kappa shape index (κ2) is 5.88. The second-order valence-corrected chi connectivity index (χ2v) is 5.29. The number of hydrogen-bond acceptors (Lipinski definition) is 5. The lowest BCUT2D eigenvalue weighted by Crippen LogP contribution is -2.05. The van der Waals surface area contributed by atoms with Crippen LogP contribution in [0.5, 0.6) is 0 Å². The molecule has 0 aromatic carbocycles. The Morgan fingerprint density at radius 1 is 1.39 bits per heavy atom. The van der Waals surface area contributed by atoms with Gasteiger partial charge in [-0.2, -0.15) is 0 Å². The van der Waals surface area contributed by atoms with Crippen LogP contribution in [0, 0.1) is 0 Å². The molecule has 0 aliphatic rings. The lowest BCUT2D eigenvalue weighted by atomic mass is 10.3. The standard InChI is InChI=1S/C10H11Cl2N5S/c1-17-9(3-13)15-16-10(17)18-5-6-4-14-8(12)2-7(6)11/h2,4H,3,5,13H2,1H3. The molecule has 5 nitrogen and oxygen atoms in total. The van der Waals surface area contributed by atoms with E-state index in [1.54, 1.807) is 12.3 Å². The number of nitrogens with two attached hydrogens (primary N) is 1. The Morgan fingerprint density at radius 3 is 2.78 bits per heavy atom.